The highest BCUT2D eigenvalue weighted by Gasteiger charge is 2.26. The van der Waals surface area contributed by atoms with Gasteiger partial charge in [-0.2, -0.15) is 0 Å². The summed E-state index contributed by atoms with van der Waals surface area (Å²) in [5, 5.41) is 3.59. The number of hydrogen-bond acceptors (Lipinski definition) is 4. The minimum absolute atomic E-state index is 0.0838. The molecule has 1 atom stereocenters. The Labute approximate surface area is 233 Å². The van der Waals surface area contributed by atoms with E-state index < -0.39 is 0 Å². The lowest BCUT2D eigenvalue weighted by molar-refractivity contribution is -0.117. The van der Waals surface area contributed by atoms with Crippen molar-refractivity contribution in [3.05, 3.63) is 101 Å². The van der Waals surface area contributed by atoms with E-state index in [0.717, 1.165) is 29.7 Å². The molecule has 1 saturated heterocycles. The highest BCUT2D eigenvalue weighted by molar-refractivity contribution is 6.30. The fourth-order valence-electron chi connectivity index (χ4n) is 4.65. The summed E-state index contributed by atoms with van der Waals surface area (Å²) in [4.78, 5) is 33.1. The van der Waals surface area contributed by atoms with E-state index in [4.69, 9.17) is 21.3 Å². The van der Waals surface area contributed by atoms with Gasteiger partial charge in [0.1, 0.15) is 6.54 Å². The van der Waals surface area contributed by atoms with Crippen LogP contribution in [-0.4, -0.2) is 52.1 Å². The van der Waals surface area contributed by atoms with Crippen LogP contribution in [0.3, 0.4) is 0 Å². The maximum Gasteiger partial charge on any atom is 0.254 e. The van der Waals surface area contributed by atoms with E-state index >= 15 is 0 Å². The van der Waals surface area contributed by atoms with E-state index in [1.165, 1.54) is 5.56 Å². The molecule has 7 nitrogen and oxygen atoms in total. The fourth-order valence-corrected chi connectivity index (χ4v) is 4.78. The second-order valence-corrected chi connectivity index (χ2v) is 10.3. The first-order valence-corrected chi connectivity index (χ1v) is 13.4. The van der Waals surface area contributed by atoms with Gasteiger partial charge in [0.25, 0.3) is 5.91 Å². The predicted octanol–water partition coefficient (Wildman–Crippen LogP) is 6.07. The number of amides is 2. The number of carbonyl (C=O) groups is 2. The van der Waals surface area contributed by atoms with Gasteiger partial charge < -0.3 is 9.64 Å². The van der Waals surface area contributed by atoms with E-state index in [1.807, 2.05) is 72.3 Å². The van der Waals surface area contributed by atoms with Gasteiger partial charge >= 0.3 is 0 Å². The van der Waals surface area contributed by atoms with E-state index in [9.17, 15) is 9.59 Å². The average Bonchev–Trinajstić information content (AvgIpc) is 3.61. The van der Waals surface area contributed by atoms with Crippen LogP contribution in [0.4, 0.5) is 5.95 Å². The van der Waals surface area contributed by atoms with E-state index in [-0.39, 0.29) is 24.5 Å². The maximum atomic E-state index is 13.4. The van der Waals surface area contributed by atoms with Crippen molar-refractivity contribution in [2.45, 2.75) is 32.8 Å². The summed E-state index contributed by atoms with van der Waals surface area (Å²) in [6.07, 6.45) is 3.62. The number of carbonyl (C=O) groups excluding carboxylic acids is 2. The minimum Gasteiger partial charge on any atom is -0.376 e. The Hall–Kier alpha value is -3.94. The lowest BCUT2D eigenvalue weighted by Crippen LogP contribution is -2.42. The van der Waals surface area contributed by atoms with Crippen LogP contribution in [-0.2, 0) is 9.53 Å². The van der Waals surface area contributed by atoms with Gasteiger partial charge in [0.05, 0.1) is 11.8 Å². The van der Waals surface area contributed by atoms with Crippen LogP contribution in [0.25, 0.3) is 16.9 Å². The van der Waals surface area contributed by atoms with Crippen LogP contribution < -0.4 is 5.32 Å². The van der Waals surface area contributed by atoms with Crippen LogP contribution >= 0.6 is 11.6 Å². The number of anilines is 1. The average molecular weight is 543 g/mol. The molecule has 1 aromatic heterocycles. The van der Waals surface area contributed by atoms with Crippen molar-refractivity contribution < 1.29 is 14.3 Å². The van der Waals surface area contributed by atoms with Gasteiger partial charge in [-0.15, -0.1) is 0 Å². The Kier molecular flexibility index (Phi) is 8.10. The Morgan fingerprint density at radius 2 is 1.82 bits per heavy atom. The summed E-state index contributed by atoms with van der Waals surface area (Å²) in [6, 6.07) is 22.5. The van der Waals surface area contributed by atoms with Crippen LogP contribution in [0.2, 0.25) is 5.02 Å². The summed E-state index contributed by atoms with van der Waals surface area (Å²) in [6.45, 7) is 5.01. The maximum absolute atomic E-state index is 13.4. The number of imidazole rings is 1. The summed E-state index contributed by atoms with van der Waals surface area (Å²) < 4.78 is 7.64. The van der Waals surface area contributed by atoms with Crippen molar-refractivity contribution in [3.8, 4) is 16.9 Å². The standard InChI is InChI=1S/C31H31ClN4O3/c1-21-10-15-26(17-22(21)2)36-19-28(23-11-13-25(32)14-12-23)33-31(36)34-29(37)20-35(18-27-9-6-16-39-27)30(38)24-7-4-3-5-8-24/h3-5,7-8,10-15,17,19,27H,6,9,16,18,20H2,1-2H3,(H,33,34,37)/t27-/m0/s1. The van der Waals surface area contributed by atoms with Gasteiger partial charge in [-0.05, 0) is 74.2 Å². The van der Waals surface area contributed by atoms with Crippen LogP contribution in [0.15, 0.2) is 79.0 Å². The topological polar surface area (TPSA) is 76.5 Å². The normalized spacial score (nSPS) is 14.8. The zero-order chi connectivity index (χ0) is 27.4. The number of ether oxygens (including phenoxy) is 1. The number of halogens is 1. The molecule has 2 heterocycles. The Bertz CT molecular complexity index is 1460. The summed E-state index contributed by atoms with van der Waals surface area (Å²) in [7, 11) is 0. The lowest BCUT2D eigenvalue weighted by atomic mass is 10.1. The molecule has 8 heteroatoms. The molecule has 0 spiro atoms. The van der Waals surface area contributed by atoms with Crippen LogP contribution in [0.1, 0.15) is 34.3 Å². The molecular formula is C31H31ClN4O3. The summed E-state index contributed by atoms with van der Waals surface area (Å²) in [5.74, 6) is -0.173. The summed E-state index contributed by atoms with van der Waals surface area (Å²) >= 11 is 6.09. The zero-order valence-electron chi connectivity index (χ0n) is 22.1. The highest BCUT2D eigenvalue weighted by atomic mass is 35.5. The molecule has 4 aromatic rings. The van der Waals surface area contributed by atoms with Crippen molar-refractivity contribution in [2.24, 2.45) is 0 Å². The third kappa shape index (κ3) is 6.38. The highest BCUT2D eigenvalue weighted by Crippen LogP contribution is 2.26. The minimum atomic E-state index is -0.337. The number of benzene rings is 3. The molecule has 0 saturated carbocycles. The molecule has 1 N–H and O–H groups in total. The number of nitrogens with zero attached hydrogens (tertiary/aromatic N) is 3. The van der Waals surface area contributed by atoms with Gasteiger partial charge in [-0.1, -0.05) is 48.0 Å². The molecule has 39 heavy (non-hydrogen) atoms. The number of aryl methyl sites for hydroxylation is 2. The Morgan fingerprint density at radius 1 is 1.05 bits per heavy atom. The van der Waals surface area contributed by atoms with E-state index in [1.54, 1.807) is 17.0 Å². The molecule has 0 unspecified atom stereocenters. The molecule has 1 fully saturated rings. The van der Waals surface area contributed by atoms with Gasteiger partial charge in [-0.3, -0.25) is 19.5 Å². The monoisotopic (exact) mass is 542 g/mol. The second kappa shape index (κ2) is 11.8. The molecule has 0 radical (unpaired) electrons. The molecule has 2 amide bonds. The smallest absolute Gasteiger partial charge is 0.254 e. The second-order valence-electron chi connectivity index (χ2n) is 9.83. The molecule has 1 aliphatic rings. The molecule has 0 aliphatic carbocycles. The van der Waals surface area contributed by atoms with Crippen LogP contribution in [0, 0.1) is 13.8 Å². The van der Waals surface area contributed by atoms with E-state index in [2.05, 4.69) is 18.3 Å². The Balaban J connectivity index is 1.43. The fraction of sp³-hybridized carbons (Fsp3) is 0.258. The van der Waals surface area contributed by atoms with E-state index in [0.29, 0.717) is 35.4 Å². The van der Waals surface area contributed by atoms with Gasteiger partial charge in [0.2, 0.25) is 11.9 Å². The summed E-state index contributed by atoms with van der Waals surface area (Å²) in [5.41, 5.74) is 5.27. The first kappa shape index (κ1) is 26.7. The number of hydrogen-bond donors (Lipinski definition) is 1. The molecule has 200 valence electrons. The molecular weight excluding hydrogens is 512 g/mol. The van der Waals surface area contributed by atoms with Gasteiger partial charge in [0.15, 0.2) is 0 Å². The van der Waals surface area contributed by atoms with Crippen molar-refractivity contribution in [1.29, 1.82) is 0 Å². The SMILES string of the molecule is Cc1ccc(-n2cc(-c3ccc(Cl)cc3)nc2NC(=O)CN(C[C@@H]2CCCO2)C(=O)c2ccccc2)cc1C. The van der Waals surface area contributed by atoms with Crippen molar-refractivity contribution in [3.63, 3.8) is 0 Å². The third-order valence-electron chi connectivity index (χ3n) is 6.96. The number of aromatic nitrogens is 2. The Morgan fingerprint density at radius 3 is 2.51 bits per heavy atom. The van der Waals surface area contributed by atoms with Crippen molar-refractivity contribution in [2.75, 3.05) is 25.0 Å². The van der Waals surface area contributed by atoms with Crippen molar-refractivity contribution >= 4 is 29.4 Å². The molecule has 3 aromatic carbocycles. The first-order chi connectivity index (χ1) is 18.9. The number of rotatable bonds is 8. The largest absolute Gasteiger partial charge is 0.376 e. The predicted molar refractivity (Wildman–Crippen MR) is 153 cm³/mol. The zero-order valence-corrected chi connectivity index (χ0v) is 22.8. The van der Waals surface area contributed by atoms with Crippen LogP contribution in [0.5, 0.6) is 0 Å². The number of nitrogens with one attached hydrogen (secondary N) is 1. The van der Waals surface area contributed by atoms with Crippen molar-refractivity contribution in [1.82, 2.24) is 14.5 Å². The molecule has 0 bridgehead atoms. The molecule has 1 aliphatic heterocycles. The third-order valence-corrected chi connectivity index (χ3v) is 7.21. The lowest BCUT2D eigenvalue weighted by Gasteiger charge is -2.25. The quantitative estimate of drug-likeness (QED) is 0.293. The van der Waals surface area contributed by atoms with Gasteiger partial charge in [-0.25, -0.2) is 4.98 Å². The first-order valence-electron chi connectivity index (χ1n) is 13.1. The molecule has 5 rings (SSSR count). The van der Waals surface area contributed by atoms with Gasteiger partial charge in [0, 0.05) is 41.2 Å².